The second-order valence-corrected chi connectivity index (χ2v) is 6.28. The molecule has 2 aromatic carbocycles. The van der Waals surface area contributed by atoms with E-state index in [4.69, 9.17) is 4.74 Å². The van der Waals surface area contributed by atoms with E-state index >= 15 is 0 Å². The third kappa shape index (κ3) is 5.90. The molecule has 2 aromatic rings. The maximum atomic E-state index is 12.6. The molecule has 1 aliphatic heterocycles. The van der Waals surface area contributed by atoms with Gasteiger partial charge in [0, 0.05) is 31.9 Å². The highest BCUT2D eigenvalue weighted by Gasteiger charge is 2.13. The fraction of sp³-hybridized carbons (Fsp3) is 0.350. The Balaban J connectivity index is 1.58. The van der Waals surface area contributed by atoms with Gasteiger partial charge in [0.2, 0.25) is 0 Å². The minimum atomic E-state index is -2.86. The van der Waals surface area contributed by atoms with Gasteiger partial charge in [-0.3, -0.25) is 9.69 Å². The molecule has 1 fully saturated rings. The van der Waals surface area contributed by atoms with Crippen LogP contribution in [0, 0.1) is 0 Å². The topological polar surface area (TPSA) is 62.8 Å². The zero-order valence-electron chi connectivity index (χ0n) is 15.4. The van der Waals surface area contributed by atoms with E-state index in [9.17, 15) is 13.6 Å². The summed E-state index contributed by atoms with van der Waals surface area (Å²) in [4.78, 5) is 14.8. The molecule has 0 aliphatic carbocycles. The molecule has 0 unspecified atom stereocenters. The van der Waals surface area contributed by atoms with Crippen molar-refractivity contribution in [2.75, 3.05) is 44.7 Å². The van der Waals surface area contributed by atoms with Gasteiger partial charge in [0.05, 0.1) is 24.5 Å². The number of nitrogens with zero attached hydrogens (tertiary/aromatic N) is 1. The van der Waals surface area contributed by atoms with Gasteiger partial charge in [-0.15, -0.1) is 0 Å². The summed E-state index contributed by atoms with van der Waals surface area (Å²) in [6.45, 7) is 1.66. The summed E-state index contributed by atoms with van der Waals surface area (Å²) in [6.07, 6.45) is 0. The number of carbonyl (C=O) groups excluding carboxylic acids is 1. The van der Waals surface area contributed by atoms with Crippen LogP contribution in [0.5, 0.6) is 5.75 Å². The fourth-order valence-electron chi connectivity index (χ4n) is 2.91. The summed E-state index contributed by atoms with van der Waals surface area (Å²) in [7, 11) is 0. The van der Waals surface area contributed by atoms with Crippen LogP contribution in [0.25, 0.3) is 0 Å². The summed E-state index contributed by atoms with van der Waals surface area (Å²) in [5.74, 6) is -0.0938. The number of ether oxygens (including phenoxy) is 2. The summed E-state index contributed by atoms with van der Waals surface area (Å²) in [5, 5.41) is 6.08. The molecule has 0 saturated carbocycles. The van der Waals surface area contributed by atoms with Gasteiger partial charge in [-0.2, -0.15) is 8.78 Å². The first kappa shape index (κ1) is 20.0. The van der Waals surface area contributed by atoms with E-state index in [1.54, 1.807) is 30.3 Å². The number of morpholine rings is 1. The van der Waals surface area contributed by atoms with Gasteiger partial charge in [-0.25, -0.2) is 0 Å². The van der Waals surface area contributed by atoms with Crippen LogP contribution in [0.1, 0.15) is 10.4 Å². The number of anilines is 2. The van der Waals surface area contributed by atoms with Crippen molar-refractivity contribution >= 4 is 17.3 Å². The average molecular weight is 391 g/mol. The largest absolute Gasteiger partial charge is 0.435 e. The van der Waals surface area contributed by atoms with Crippen LogP contribution in [-0.4, -0.2) is 56.8 Å². The van der Waals surface area contributed by atoms with Crippen LogP contribution in [0.15, 0.2) is 48.5 Å². The molecule has 0 aromatic heterocycles. The highest BCUT2D eigenvalue weighted by molar-refractivity contribution is 6.00. The molecule has 0 radical (unpaired) electrons. The Morgan fingerprint density at radius 2 is 1.82 bits per heavy atom. The van der Waals surface area contributed by atoms with Crippen molar-refractivity contribution in [2.24, 2.45) is 0 Å². The predicted molar refractivity (Wildman–Crippen MR) is 102 cm³/mol. The quantitative estimate of drug-likeness (QED) is 0.724. The number of benzene rings is 2. The van der Waals surface area contributed by atoms with Crippen LogP contribution < -0.4 is 15.4 Å². The molecule has 1 saturated heterocycles. The number of hydrogen-bond donors (Lipinski definition) is 2. The number of nitrogens with one attached hydrogen (secondary N) is 2. The molecule has 28 heavy (non-hydrogen) atoms. The molecule has 0 spiro atoms. The van der Waals surface area contributed by atoms with Crippen LogP contribution >= 0.6 is 0 Å². The smallest absolute Gasteiger partial charge is 0.387 e. The molecular formula is C20H23F2N3O3. The summed E-state index contributed by atoms with van der Waals surface area (Å²) < 4.78 is 34.1. The van der Waals surface area contributed by atoms with E-state index < -0.39 is 6.61 Å². The zero-order chi connectivity index (χ0) is 19.8. The molecule has 150 valence electrons. The zero-order valence-corrected chi connectivity index (χ0v) is 15.4. The van der Waals surface area contributed by atoms with Gasteiger partial charge in [-0.05, 0) is 36.4 Å². The normalized spacial score (nSPS) is 14.7. The van der Waals surface area contributed by atoms with Gasteiger partial charge in [-0.1, -0.05) is 12.1 Å². The van der Waals surface area contributed by atoms with Gasteiger partial charge in [0.15, 0.2) is 0 Å². The molecule has 2 N–H and O–H groups in total. The van der Waals surface area contributed by atoms with Crippen LogP contribution in [0.3, 0.4) is 0 Å². The second-order valence-electron chi connectivity index (χ2n) is 6.28. The molecule has 1 amide bonds. The van der Waals surface area contributed by atoms with E-state index in [1.807, 2.05) is 6.07 Å². The Labute approximate surface area is 162 Å². The third-order valence-corrected chi connectivity index (χ3v) is 4.35. The average Bonchev–Trinajstić information content (AvgIpc) is 2.70. The van der Waals surface area contributed by atoms with E-state index in [2.05, 4.69) is 20.3 Å². The minimum absolute atomic E-state index is 0.0784. The van der Waals surface area contributed by atoms with E-state index in [0.717, 1.165) is 32.8 Å². The van der Waals surface area contributed by atoms with Crippen LogP contribution in [-0.2, 0) is 4.74 Å². The number of alkyl halides is 2. The lowest BCUT2D eigenvalue weighted by Gasteiger charge is -2.26. The number of para-hydroxylation sites is 1. The SMILES string of the molecule is O=C(NCCN1CCOCC1)c1ccccc1Nc1ccc(OC(F)F)cc1. The number of carbonyl (C=O) groups is 1. The standard InChI is InChI=1S/C20H23F2N3O3/c21-20(22)28-16-7-5-15(6-8-16)24-18-4-2-1-3-17(18)19(26)23-9-10-25-11-13-27-14-12-25/h1-8,20,24H,9-14H2,(H,23,26). The molecule has 6 nitrogen and oxygen atoms in total. The van der Waals surface area contributed by atoms with E-state index in [-0.39, 0.29) is 11.7 Å². The second kappa shape index (κ2) is 10.0. The summed E-state index contributed by atoms with van der Waals surface area (Å²) in [5.41, 5.74) is 1.81. The molecular weight excluding hydrogens is 368 g/mol. The molecule has 1 aliphatic rings. The number of halogens is 2. The molecule has 0 bridgehead atoms. The monoisotopic (exact) mass is 391 g/mol. The summed E-state index contributed by atoms with van der Waals surface area (Å²) in [6, 6.07) is 13.3. The fourth-order valence-corrected chi connectivity index (χ4v) is 2.91. The van der Waals surface area contributed by atoms with Gasteiger partial charge < -0.3 is 20.1 Å². The van der Waals surface area contributed by atoms with Gasteiger partial charge in [0.25, 0.3) is 5.91 Å². The maximum Gasteiger partial charge on any atom is 0.387 e. The molecule has 3 rings (SSSR count). The number of rotatable bonds is 8. The number of hydrogen-bond acceptors (Lipinski definition) is 5. The minimum Gasteiger partial charge on any atom is -0.435 e. The van der Waals surface area contributed by atoms with Crippen molar-refractivity contribution in [3.05, 3.63) is 54.1 Å². The number of amides is 1. The van der Waals surface area contributed by atoms with Gasteiger partial charge in [0.1, 0.15) is 5.75 Å². The maximum absolute atomic E-state index is 12.6. The van der Waals surface area contributed by atoms with Crippen molar-refractivity contribution in [1.29, 1.82) is 0 Å². The van der Waals surface area contributed by atoms with E-state index in [0.29, 0.717) is 23.5 Å². The first-order valence-electron chi connectivity index (χ1n) is 9.11. The Hall–Kier alpha value is -2.71. The van der Waals surface area contributed by atoms with Crippen molar-refractivity contribution in [2.45, 2.75) is 6.61 Å². The highest BCUT2D eigenvalue weighted by Crippen LogP contribution is 2.23. The van der Waals surface area contributed by atoms with Crippen molar-refractivity contribution in [3.8, 4) is 5.75 Å². The molecule has 1 heterocycles. The first-order valence-corrected chi connectivity index (χ1v) is 9.11. The highest BCUT2D eigenvalue weighted by atomic mass is 19.3. The predicted octanol–water partition coefficient (Wildman–Crippen LogP) is 3.09. The molecule has 8 heteroatoms. The summed E-state index contributed by atoms with van der Waals surface area (Å²) >= 11 is 0. The lowest BCUT2D eigenvalue weighted by molar-refractivity contribution is -0.0498. The van der Waals surface area contributed by atoms with Crippen molar-refractivity contribution in [3.63, 3.8) is 0 Å². The van der Waals surface area contributed by atoms with Crippen LogP contribution in [0.4, 0.5) is 20.2 Å². The first-order chi connectivity index (χ1) is 13.6. The lowest BCUT2D eigenvalue weighted by atomic mass is 10.1. The lowest BCUT2D eigenvalue weighted by Crippen LogP contribution is -2.41. The Morgan fingerprint density at radius 1 is 1.11 bits per heavy atom. The van der Waals surface area contributed by atoms with Crippen LogP contribution in [0.2, 0.25) is 0 Å². The van der Waals surface area contributed by atoms with Crippen molar-refractivity contribution in [1.82, 2.24) is 10.2 Å². The Morgan fingerprint density at radius 3 is 2.54 bits per heavy atom. The van der Waals surface area contributed by atoms with Crippen molar-refractivity contribution < 1.29 is 23.0 Å². The molecule has 0 atom stereocenters. The Kier molecular flexibility index (Phi) is 7.16. The van der Waals surface area contributed by atoms with Gasteiger partial charge >= 0.3 is 6.61 Å². The van der Waals surface area contributed by atoms with E-state index in [1.165, 1.54) is 12.1 Å². The third-order valence-electron chi connectivity index (χ3n) is 4.35. The Bertz CT molecular complexity index is 766.